The highest BCUT2D eigenvalue weighted by atomic mass is 35.5. The molecule has 0 fully saturated rings. The van der Waals surface area contributed by atoms with Crippen molar-refractivity contribution in [3.8, 4) is 0 Å². The Balaban J connectivity index is 2.24. The topological polar surface area (TPSA) is 46.3 Å². The van der Waals surface area contributed by atoms with E-state index in [0.717, 1.165) is 28.9 Å². The van der Waals surface area contributed by atoms with Crippen molar-refractivity contribution in [2.45, 2.75) is 18.2 Å². The summed E-state index contributed by atoms with van der Waals surface area (Å²) in [6.07, 6.45) is 9.43. The van der Waals surface area contributed by atoms with Crippen LogP contribution in [0.1, 0.15) is 12.0 Å². The Hall–Kier alpha value is -2.00. The molecule has 1 unspecified atom stereocenters. The van der Waals surface area contributed by atoms with Gasteiger partial charge in [-0.3, -0.25) is 4.90 Å². The van der Waals surface area contributed by atoms with Crippen molar-refractivity contribution in [3.63, 3.8) is 0 Å². The number of benzene rings is 1. The van der Waals surface area contributed by atoms with Gasteiger partial charge in [0.2, 0.25) is 0 Å². The third-order valence-corrected chi connectivity index (χ3v) is 3.98. The summed E-state index contributed by atoms with van der Waals surface area (Å²) in [4.78, 5) is 13.5. The third kappa shape index (κ3) is 2.14. The number of alkyl halides is 1. The summed E-state index contributed by atoms with van der Waals surface area (Å²) in [6.45, 7) is 0. The molecule has 102 valence electrons. The van der Waals surface area contributed by atoms with E-state index in [2.05, 4.69) is 6.08 Å². The summed E-state index contributed by atoms with van der Waals surface area (Å²) >= 11 is 6.55. The lowest BCUT2D eigenvalue weighted by Crippen LogP contribution is -2.36. The molecule has 1 aromatic carbocycles. The van der Waals surface area contributed by atoms with Gasteiger partial charge in [-0.1, -0.05) is 36.4 Å². The molecule has 0 radical (unpaired) electrons. The van der Waals surface area contributed by atoms with Crippen molar-refractivity contribution < 1.29 is 4.79 Å². The Bertz CT molecular complexity index is 646. The van der Waals surface area contributed by atoms with Crippen LogP contribution in [0.5, 0.6) is 0 Å². The van der Waals surface area contributed by atoms with Gasteiger partial charge in [0.1, 0.15) is 0 Å². The molecule has 1 heterocycles. The van der Waals surface area contributed by atoms with Crippen molar-refractivity contribution in [2.75, 3.05) is 4.90 Å². The Morgan fingerprint density at radius 3 is 2.95 bits per heavy atom. The molecule has 20 heavy (non-hydrogen) atoms. The second kappa shape index (κ2) is 5.17. The molecule has 2 aliphatic rings. The molecule has 0 spiro atoms. The number of hydrogen-bond donors (Lipinski definition) is 1. The number of primary amides is 1. The molecule has 3 rings (SSSR count). The summed E-state index contributed by atoms with van der Waals surface area (Å²) < 4.78 is 0. The summed E-state index contributed by atoms with van der Waals surface area (Å²) in [5.74, 6) is 0. The van der Waals surface area contributed by atoms with Crippen molar-refractivity contribution in [1.82, 2.24) is 0 Å². The molecule has 1 atom stereocenters. The largest absolute Gasteiger partial charge is 0.351 e. The summed E-state index contributed by atoms with van der Waals surface area (Å²) in [6, 6.07) is 7.26. The van der Waals surface area contributed by atoms with E-state index >= 15 is 0 Å². The van der Waals surface area contributed by atoms with Crippen LogP contribution in [0.25, 0.3) is 0 Å². The standard InChI is InChI=1S/C16H15ClN2O/c17-13-10-11-6-4-5-8-14(11)19(16(18)20)15-9-3-1-2-7-12(13)15/h1,3-9,13H,2,10H2,(H2,18,20). The predicted octanol–water partition coefficient (Wildman–Crippen LogP) is 3.51. The van der Waals surface area contributed by atoms with E-state index < -0.39 is 6.03 Å². The van der Waals surface area contributed by atoms with E-state index in [1.165, 1.54) is 0 Å². The fraction of sp³-hybridized carbons (Fsp3) is 0.188. The minimum Gasteiger partial charge on any atom is -0.351 e. The molecule has 3 nitrogen and oxygen atoms in total. The molecule has 0 saturated carbocycles. The lowest BCUT2D eigenvalue weighted by atomic mass is 10.0. The van der Waals surface area contributed by atoms with Gasteiger partial charge >= 0.3 is 6.03 Å². The van der Waals surface area contributed by atoms with Crippen molar-refractivity contribution in [2.24, 2.45) is 5.73 Å². The number of nitrogens with two attached hydrogens (primary N) is 1. The summed E-state index contributed by atoms with van der Waals surface area (Å²) in [7, 11) is 0. The number of nitrogens with zero attached hydrogens (tertiary/aromatic N) is 1. The number of urea groups is 1. The van der Waals surface area contributed by atoms with Gasteiger partial charge in [-0.05, 0) is 36.1 Å². The van der Waals surface area contributed by atoms with Crippen LogP contribution < -0.4 is 10.6 Å². The number of anilines is 1. The van der Waals surface area contributed by atoms with E-state index in [9.17, 15) is 4.79 Å². The van der Waals surface area contributed by atoms with E-state index in [-0.39, 0.29) is 5.38 Å². The number of para-hydroxylation sites is 1. The number of amides is 2. The van der Waals surface area contributed by atoms with Crippen LogP contribution in [-0.4, -0.2) is 11.4 Å². The van der Waals surface area contributed by atoms with Gasteiger partial charge in [0.15, 0.2) is 0 Å². The molecule has 1 aliphatic heterocycles. The Kier molecular flexibility index (Phi) is 3.36. The van der Waals surface area contributed by atoms with Gasteiger partial charge in [-0.15, -0.1) is 11.6 Å². The van der Waals surface area contributed by atoms with Crippen LogP contribution >= 0.6 is 11.6 Å². The van der Waals surface area contributed by atoms with Crippen LogP contribution in [0.2, 0.25) is 0 Å². The Morgan fingerprint density at radius 1 is 1.35 bits per heavy atom. The zero-order chi connectivity index (χ0) is 14.1. The molecule has 1 aromatic rings. The quantitative estimate of drug-likeness (QED) is 0.729. The van der Waals surface area contributed by atoms with Crippen molar-refractivity contribution in [3.05, 3.63) is 65.4 Å². The number of carbonyl (C=O) groups excluding carboxylic acids is 1. The fourth-order valence-electron chi connectivity index (χ4n) is 2.70. The summed E-state index contributed by atoms with van der Waals surface area (Å²) in [5, 5.41) is -0.161. The lowest BCUT2D eigenvalue weighted by molar-refractivity contribution is 0.255. The van der Waals surface area contributed by atoms with Crippen molar-refractivity contribution in [1.29, 1.82) is 0 Å². The smallest absolute Gasteiger partial charge is 0.323 e. The number of allylic oxidation sites excluding steroid dienone is 5. The van der Waals surface area contributed by atoms with Gasteiger partial charge in [0.05, 0.1) is 16.8 Å². The zero-order valence-corrected chi connectivity index (χ0v) is 11.7. The normalized spacial score (nSPS) is 21.1. The van der Waals surface area contributed by atoms with Gasteiger partial charge in [-0.25, -0.2) is 4.79 Å². The predicted molar refractivity (Wildman–Crippen MR) is 81.8 cm³/mol. The first kappa shape index (κ1) is 13.0. The SMILES string of the molecule is NC(=O)N1C2=CC=CCC=C2C(Cl)Cc2ccccc21. The number of rotatable bonds is 0. The van der Waals surface area contributed by atoms with Crippen LogP contribution in [0.15, 0.2) is 59.8 Å². The van der Waals surface area contributed by atoms with Gasteiger partial charge in [0.25, 0.3) is 0 Å². The molecule has 0 aromatic heterocycles. The maximum Gasteiger partial charge on any atom is 0.323 e. The lowest BCUT2D eigenvalue weighted by Gasteiger charge is -2.24. The maximum atomic E-state index is 12.0. The Morgan fingerprint density at radius 2 is 2.15 bits per heavy atom. The highest BCUT2D eigenvalue weighted by Crippen LogP contribution is 2.37. The highest BCUT2D eigenvalue weighted by molar-refractivity contribution is 6.23. The molecule has 2 amide bonds. The molecule has 4 heteroatoms. The summed E-state index contributed by atoms with van der Waals surface area (Å²) in [5.41, 5.74) is 9.19. The first-order valence-corrected chi connectivity index (χ1v) is 7.01. The highest BCUT2D eigenvalue weighted by Gasteiger charge is 2.30. The minimum absolute atomic E-state index is 0.161. The number of halogens is 1. The monoisotopic (exact) mass is 286 g/mol. The second-order valence-electron chi connectivity index (χ2n) is 4.85. The molecule has 0 saturated heterocycles. The molecular formula is C16H15ClN2O. The first-order valence-electron chi connectivity index (χ1n) is 6.57. The van der Waals surface area contributed by atoms with E-state index in [4.69, 9.17) is 17.3 Å². The molecule has 2 N–H and O–H groups in total. The van der Waals surface area contributed by atoms with Gasteiger partial charge < -0.3 is 5.73 Å². The van der Waals surface area contributed by atoms with Crippen LogP contribution in [-0.2, 0) is 6.42 Å². The first-order chi connectivity index (χ1) is 9.68. The number of fused-ring (bicyclic) bond motifs is 2. The van der Waals surface area contributed by atoms with Crippen LogP contribution in [0.4, 0.5) is 10.5 Å². The maximum absolute atomic E-state index is 12.0. The van der Waals surface area contributed by atoms with E-state index in [1.807, 2.05) is 42.5 Å². The minimum atomic E-state index is -0.490. The van der Waals surface area contributed by atoms with Crippen LogP contribution in [0, 0.1) is 0 Å². The van der Waals surface area contributed by atoms with Crippen LogP contribution in [0.3, 0.4) is 0 Å². The Labute approximate surface area is 123 Å². The number of hydrogen-bond acceptors (Lipinski definition) is 1. The average Bonchev–Trinajstić information content (AvgIpc) is 2.71. The number of carbonyl (C=O) groups is 1. The molecule has 0 bridgehead atoms. The average molecular weight is 287 g/mol. The van der Waals surface area contributed by atoms with Crippen molar-refractivity contribution >= 4 is 23.3 Å². The second-order valence-corrected chi connectivity index (χ2v) is 5.38. The van der Waals surface area contributed by atoms with E-state index in [0.29, 0.717) is 6.42 Å². The zero-order valence-electron chi connectivity index (χ0n) is 10.9. The van der Waals surface area contributed by atoms with Gasteiger partial charge in [0, 0.05) is 0 Å². The molecule has 1 aliphatic carbocycles. The van der Waals surface area contributed by atoms with Gasteiger partial charge in [-0.2, -0.15) is 0 Å². The van der Waals surface area contributed by atoms with E-state index in [1.54, 1.807) is 4.90 Å². The fourth-order valence-corrected chi connectivity index (χ4v) is 3.06. The third-order valence-electron chi connectivity index (χ3n) is 3.59. The molecular weight excluding hydrogens is 272 g/mol.